The second-order valence-corrected chi connectivity index (χ2v) is 7.92. The quantitative estimate of drug-likeness (QED) is 0.395. The molecule has 0 bridgehead atoms. The number of benzene rings is 3. The van der Waals surface area contributed by atoms with E-state index in [0.717, 1.165) is 38.7 Å². The molecule has 168 valence electrons. The lowest BCUT2D eigenvalue weighted by atomic mass is 9.98. The molecule has 0 spiro atoms. The summed E-state index contributed by atoms with van der Waals surface area (Å²) < 4.78 is 5.51. The first-order valence-corrected chi connectivity index (χ1v) is 10.5. The van der Waals surface area contributed by atoms with E-state index in [0.29, 0.717) is 0 Å². The number of nitrogens with one attached hydrogen (secondary N) is 2. The third kappa shape index (κ3) is 4.17. The fourth-order valence-corrected chi connectivity index (χ4v) is 4.50. The molecule has 1 aliphatic rings. The van der Waals surface area contributed by atoms with E-state index in [-0.39, 0.29) is 23.7 Å². The van der Waals surface area contributed by atoms with Crippen molar-refractivity contribution in [1.29, 1.82) is 0 Å². The van der Waals surface area contributed by atoms with Crippen LogP contribution in [0.2, 0.25) is 0 Å². The monoisotopic (exact) mass is 446 g/mol. The van der Waals surface area contributed by atoms with Gasteiger partial charge in [-0.3, -0.25) is 4.70 Å². The van der Waals surface area contributed by atoms with E-state index in [1.54, 1.807) is 6.20 Å². The maximum Gasteiger partial charge on any atom is 0.407 e. The molecule has 6 nitrogen and oxygen atoms in total. The van der Waals surface area contributed by atoms with Gasteiger partial charge in [-0.2, -0.15) is 0 Å². The molecule has 0 saturated carbocycles. The summed E-state index contributed by atoms with van der Waals surface area (Å²) in [5, 5.41) is 13.1. The van der Waals surface area contributed by atoms with E-state index in [9.17, 15) is 14.7 Å². The summed E-state index contributed by atoms with van der Waals surface area (Å²) in [6, 6.07) is 22.7. The van der Waals surface area contributed by atoms with E-state index in [2.05, 4.69) is 22.4 Å². The molecule has 1 amide bonds. The number of aromatic amines is 1. The number of alkyl carbamates (subject to hydrolysis) is 1. The Kier molecular flexibility index (Phi) is 6.13. The van der Waals surface area contributed by atoms with Crippen LogP contribution in [0.4, 0.5) is 9.50 Å². The summed E-state index contributed by atoms with van der Waals surface area (Å²) in [6.45, 7) is 0.138. The number of aromatic nitrogens is 1. The van der Waals surface area contributed by atoms with Crippen LogP contribution >= 0.6 is 0 Å². The van der Waals surface area contributed by atoms with Crippen molar-refractivity contribution >= 4 is 23.0 Å². The number of hydrogen-bond acceptors (Lipinski definition) is 3. The van der Waals surface area contributed by atoms with Gasteiger partial charge in [0, 0.05) is 29.4 Å². The number of carboxylic acids is 1. The van der Waals surface area contributed by atoms with Gasteiger partial charge in [-0.05, 0) is 33.9 Å². The highest BCUT2D eigenvalue weighted by Crippen LogP contribution is 2.44. The maximum absolute atomic E-state index is 12.5. The van der Waals surface area contributed by atoms with Crippen LogP contribution in [-0.2, 0) is 16.0 Å². The van der Waals surface area contributed by atoms with Crippen molar-refractivity contribution in [2.24, 2.45) is 0 Å². The van der Waals surface area contributed by atoms with Crippen LogP contribution in [0.1, 0.15) is 22.6 Å². The number of carbonyl (C=O) groups excluding carboxylic acids is 1. The average Bonchev–Trinajstić information content (AvgIpc) is 3.36. The Morgan fingerprint density at radius 1 is 0.939 bits per heavy atom. The van der Waals surface area contributed by atoms with Gasteiger partial charge in [0.1, 0.15) is 12.6 Å². The fraction of sp³-hybridized carbons (Fsp3) is 0.154. The second-order valence-electron chi connectivity index (χ2n) is 7.92. The summed E-state index contributed by atoms with van der Waals surface area (Å²) in [5.74, 6) is -1.19. The zero-order valence-corrected chi connectivity index (χ0v) is 17.7. The van der Waals surface area contributed by atoms with Crippen LogP contribution < -0.4 is 5.32 Å². The first-order chi connectivity index (χ1) is 15.6. The predicted molar refractivity (Wildman–Crippen MR) is 124 cm³/mol. The van der Waals surface area contributed by atoms with Crippen molar-refractivity contribution in [1.82, 2.24) is 10.3 Å². The average molecular weight is 446 g/mol. The van der Waals surface area contributed by atoms with E-state index >= 15 is 0 Å². The molecule has 1 heterocycles. The van der Waals surface area contributed by atoms with Gasteiger partial charge < -0.3 is 20.1 Å². The first kappa shape index (κ1) is 22.1. The van der Waals surface area contributed by atoms with Gasteiger partial charge in [0.25, 0.3) is 0 Å². The van der Waals surface area contributed by atoms with Crippen LogP contribution in [-0.4, -0.2) is 34.8 Å². The van der Waals surface area contributed by atoms with Gasteiger partial charge in [0.15, 0.2) is 0 Å². The highest BCUT2D eigenvalue weighted by atomic mass is 19.0. The molecule has 0 saturated heterocycles. The molecule has 3 N–H and O–H groups in total. The molecule has 7 heteroatoms. The summed E-state index contributed by atoms with van der Waals surface area (Å²) in [4.78, 5) is 27.5. The summed E-state index contributed by atoms with van der Waals surface area (Å²) in [5.41, 5.74) is 6.24. The zero-order valence-electron chi connectivity index (χ0n) is 17.7. The topological polar surface area (TPSA) is 91.4 Å². The Balaban J connectivity index is 0.00000259. The molecular formula is C26H23FN2O4. The van der Waals surface area contributed by atoms with Gasteiger partial charge in [0.2, 0.25) is 0 Å². The lowest BCUT2D eigenvalue weighted by molar-refractivity contribution is -0.139. The summed E-state index contributed by atoms with van der Waals surface area (Å²) in [7, 11) is 0. The van der Waals surface area contributed by atoms with E-state index in [1.165, 1.54) is 0 Å². The Morgan fingerprint density at radius 2 is 1.55 bits per heavy atom. The molecule has 1 atom stereocenters. The van der Waals surface area contributed by atoms with Gasteiger partial charge in [0.05, 0.1) is 0 Å². The normalized spacial score (nSPS) is 13.0. The molecule has 4 aromatic rings. The predicted octanol–water partition coefficient (Wildman–Crippen LogP) is 4.85. The molecule has 1 aliphatic carbocycles. The first-order valence-electron chi connectivity index (χ1n) is 10.5. The van der Waals surface area contributed by atoms with Crippen LogP contribution in [0, 0.1) is 0 Å². The number of H-pyrrole nitrogens is 1. The van der Waals surface area contributed by atoms with Gasteiger partial charge in [-0.15, -0.1) is 0 Å². The maximum atomic E-state index is 12.5. The number of aliphatic carboxylic acids is 1. The van der Waals surface area contributed by atoms with Crippen molar-refractivity contribution in [3.63, 3.8) is 0 Å². The van der Waals surface area contributed by atoms with Crippen LogP contribution in [0.15, 0.2) is 79.0 Å². The molecular weight excluding hydrogens is 423 g/mol. The smallest absolute Gasteiger partial charge is 0.407 e. The number of halogens is 1. The molecule has 0 fully saturated rings. The van der Waals surface area contributed by atoms with Crippen molar-refractivity contribution in [3.05, 3.63) is 95.7 Å². The second kappa shape index (κ2) is 9.16. The Morgan fingerprint density at radius 3 is 2.21 bits per heavy atom. The third-order valence-electron chi connectivity index (χ3n) is 6.03. The van der Waals surface area contributed by atoms with Crippen LogP contribution in [0.25, 0.3) is 22.0 Å². The number of para-hydroxylation sites is 1. The van der Waals surface area contributed by atoms with Crippen LogP contribution in [0.3, 0.4) is 0 Å². The largest absolute Gasteiger partial charge is 0.480 e. The van der Waals surface area contributed by atoms with Crippen molar-refractivity contribution in [2.75, 3.05) is 6.61 Å². The van der Waals surface area contributed by atoms with E-state index in [1.807, 2.05) is 60.7 Å². The lowest BCUT2D eigenvalue weighted by Crippen LogP contribution is -2.42. The minimum absolute atomic E-state index is 0. The SMILES string of the molecule is F.O=C(N[C@@H](Cc1c[nH]c2ccccc12)C(=O)O)OCC1c2ccccc2-c2ccccc21. The minimum atomic E-state index is -1.11. The highest BCUT2D eigenvalue weighted by Gasteiger charge is 2.30. The minimum Gasteiger partial charge on any atom is -0.480 e. The Hall–Kier alpha value is -4.13. The number of ether oxygens (including phenoxy) is 1. The number of rotatable bonds is 6. The number of carbonyl (C=O) groups is 2. The Bertz CT molecular complexity index is 1270. The summed E-state index contributed by atoms with van der Waals surface area (Å²) in [6.07, 6.45) is 1.20. The Labute approximate surface area is 189 Å². The van der Waals surface area contributed by atoms with E-state index < -0.39 is 18.1 Å². The molecule has 33 heavy (non-hydrogen) atoms. The molecule has 5 rings (SSSR count). The lowest BCUT2D eigenvalue weighted by Gasteiger charge is -2.17. The van der Waals surface area contributed by atoms with E-state index in [4.69, 9.17) is 4.74 Å². The number of hydrogen-bond donors (Lipinski definition) is 3. The van der Waals surface area contributed by atoms with Gasteiger partial charge in [-0.1, -0.05) is 66.7 Å². The van der Waals surface area contributed by atoms with Crippen molar-refractivity contribution in [3.8, 4) is 11.1 Å². The molecule has 3 aromatic carbocycles. The highest BCUT2D eigenvalue weighted by molar-refractivity contribution is 5.85. The summed E-state index contributed by atoms with van der Waals surface area (Å²) >= 11 is 0. The number of fused-ring (bicyclic) bond motifs is 4. The fourth-order valence-electron chi connectivity index (χ4n) is 4.50. The van der Waals surface area contributed by atoms with Crippen LogP contribution in [0.5, 0.6) is 0 Å². The third-order valence-corrected chi connectivity index (χ3v) is 6.03. The standard InChI is InChI=1S/C26H22N2O4.FH/c29-25(30)24(13-16-14-27-23-12-6-5-7-17(16)23)28-26(31)32-15-22-20-10-3-1-8-18(20)19-9-2-4-11-21(19)22;/h1-12,14,22,24,27H,13,15H2,(H,28,31)(H,29,30);1H/t24-;/m0./s1. The number of carboxylic acid groups (broad SMARTS) is 1. The van der Waals surface area contributed by atoms with Crippen molar-refractivity contribution < 1.29 is 24.1 Å². The molecule has 1 aromatic heterocycles. The zero-order chi connectivity index (χ0) is 22.1. The van der Waals surface area contributed by atoms with Gasteiger partial charge in [-0.25, -0.2) is 9.59 Å². The molecule has 0 radical (unpaired) electrons. The molecule has 0 unspecified atom stereocenters. The molecule has 0 aliphatic heterocycles. The van der Waals surface area contributed by atoms with Crippen molar-refractivity contribution in [2.45, 2.75) is 18.4 Å². The number of amides is 1. The van der Waals surface area contributed by atoms with Gasteiger partial charge >= 0.3 is 12.1 Å².